The molecule has 18 heavy (non-hydrogen) atoms. The van der Waals surface area contributed by atoms with Crippen molar-refractivity contribution in [1.29, 1.82) is 0 Å². The van der Waals surface area contributed by atoms with E-state index >= 15 is 0 Å². The van der Waals surface area contributed by atoms with Crippen LogP contribution in [0.1, 0.15) is 39.0 Å². The molecule has 0 unspecified atom stereocenters. The Kier molecular flexibility index (Phi) is 2.77. The fraction of sp³-hybridized carbons (Fsp3) is 0.800. The minimum atomic E-state index is -0.765. The summed E-state index contributed by atoms with van der Waals surface area (Å²) < 4.78 is 5.24. The van der Waals surface area contributed by atoms with Gasteiger partial charge in [0.2, 0.25) is 0 Å². The van der Waals surface area contributed by atoms with E-state index in [1.54, 1.807) is 6.92 Å². The van der Waals surface area contributed by atoms with Gasteiger partial charge in [-0.3, -0.25) is 0 Å². The normalized spacial score (nSPS) is 45.0. The molecule has 1 N–H and O–H groups in total. The molecular formula is C15H22O3. The van der Waals surface area contributed by atoms with Crippen LogP contribution >= 0.6 is 0 Å². The van der Waals surface area contributed by atoms with E-state index in [0.29, 0.717) is 17.4 Å². The van der Waals surface area contributed by atoms with Crippen molar-refractivity contribution in [3.05, 3.63) is 12.2 Å². The van der Waals surface area contributed by atoms with E-state index in [1.807, 2.05) is 0 Å². The number of aliphatic hydroxyl groups is 1. The summed E-state index contributed by atoms with van der Waals surface area (Å²) in [6, 6.07) is 0. The average Bonchev–Trinajstić information content (AvgIpc) is 2.32. The van der Waals surface area contributed by atoms with Crippen molar-refractivity contribution in [3.8, 4) is 0 Å². The zero-order chi connectivity index (χ0) is 12.9. The molecule has 4 bridgehead atoms. The van der Waals surface area contributed by atoms with Gasteiger partial charge in [0, 0.05) is 5.57 Å². The molecule has 0 aromatic rings. The topological polar surface area (TPSA) is 46.5 Å². The highest BCUT2D eigenvalue weighted by Crippen LogP contribution is 2.58. The van der Waals surface area contributed by atoms with Gasteiger partial charge in [0.15, 0.2) is 0 Å². The fourth-order valence-corrected chi connectivity index (χ4v) is 4.54. The van der Waals surface area contributed by atoms with Crippen molar-refractivity contribution < 1.29 is 14.6 Å². The molecule has 3 nitrogen and oxygen atoms in total. The lowest BCUT2D eigenvalue weighted by Gasteiger charge is -2.58. The van der Waals surface area contributed by atoms with Crippen LogP contribution in [0.25, 0.3) is 0 Å². The van der Waals surface area contributed by atoms with Gasteiger partial charge in [-0.15, -0.1) is 0 Å². The molecule has 4 aliphatic rings. The first kappa shape index (κ1) is 12.2. The minimum absolute atomic E-state index is 0.160. The Balaban J connectivity index is 1.70. The van der Waals surface area contributed by atoms with Crippen LogP contribution in [-0.4, -0.2) is 23.3 Å². The molecule has 0 radical (unpaired) electrons. The van der Waals surface area contributed by atoms with Crippen LogP contribution in [0.5, 0.6) is 0 Å². The number of carbonyl (C=O) groups is 1. The molecule has 0 spiro atoms. The molecule has 4 fully saturated rings. The number of hydrogen-bond acceptors (Lipinski definition) is 3. The molecular weight excluding hydrogens is 228 g/mol. The van der Waals surface area contributed by atoms with Crippen LogP contribution in [0.15, 0.2) is 12.2 Å². The maximum Gasteiger partial charge on any atom is 0.333 e. The van der Waals surface area contributed by atoms with Crippen molar-refractivity contribution in [1.82, 2.24) is 0 Å². The predicted octanol–water partition coefficient (Wildman–Crippen LogP) is 2.29. The van der Waals surface area contributed by atoms with Crippen molar-refractivity contribution >= 4 is 5.97 Å². The number of ether oxygens (including phenoxy) is 1. The number of carbonyl (C=O) groups excluding carboxylic acids is 1. The van der Waals surface area contributed by atoms with Gasteiger partial charge in [-0.25, -0.2) is 4.79 Å². The lowest BCUT2D eigenvalue weighted by molar-refractivity contribution is -0.201. The van der Waals surface area contributed by atoms with Crippen LogP contribution in [0.3, 0.4) is 0 Å². The summed E-state index contributed by atoms with van der Waals surface area (Å²) in [6.07, 6.45) is 5.83. The van der Waals surface area contributed by atoms with E-state index in [0.717, 1.165) is 37.5 Å². The quantitative estimate of drug-likeness (QED) is 0.617. The Morgan fingerprint density at radius 3 is 2.17 bits per heavy atom. The summed E-state index contributed by atoms with van der Waals surface area (Å²) in [4.78, 5) is 11.5. The van der Waals surface area contributed by atoms with Crippen LogP contribution < -0.4 is 0 Å². The molecule has 0 amide bonds. The van der Waals surface area contributed by atoms with E-state index in [4.69, 9.17) is 4.74 Å². The smallest absolute Gasteiger partial charge is 0.333 e. The molecule has 4 saturated carbocycles. The zero-order valence-corrected chi connectivity index (χ0v) is 11.0. The van der Waals surface area contributed by atoms with E-state index < -0.39 is 5.60 Å². The van der Waals surface area contributed by atoms with Crippen molar-refractivity contribution in [3.63, 3.8) is 0 Å². The lowest BCUT2D eigenvalue weighted by Crippen LogP contribution is -2.60. The molecule has 0 atom stereocenters. The fourth-order valence-electron chi connectivity index (χ4n) is 4.54. The molecule has 4 rings (SSSR count). The van der Waals surface area contributed by atoms with Gasteiger partial charge in [-0.1, -0.05) is 6.58 Å². The second-order valence-electron chi connectivity index (χ2n) is 6.65. The monoisotopic (exact) mass is 250 g/mol. The van der Waals surface area contributed by atoms with Crippen LogP contribution in [0.2, 0.25) is 0 Å². The van der Waals surface area contributed by atoms with E-state index in [1.165, 1.54) is 6.42 Å². The molecule has 3 heteroatoms. The predicted molar refractivity (Wildman–Crippen MR) is 67.8 cm³/mol. The Morgan fingerprint density at radius 2 is 1.72 bits per heavy atom. The van der Waals surface area contributed by atoms with Gasteiger partial charge in [0.1, 0.15) is 12.2 Å². The van der Waals surface area contributed by atoms with Gasteiger partial charge in [0.05, 0.1) is 0 Å². The zero-order valence-electron chi connectivity index (χ0n) is 11.0. The van der Waals surface area contributed by atoms with Gasteiger partial charge in [-0.2, -0.15) is 0 Å². The van der Waals surface area contributed by atoms with Crippen LogP contribution in [0, 0.1) is 23.7 Å². The summed E-state index contributed by atoms with van der Waals surface area (Å²) in [6.45, 7) is 5.38. The van der Waals surface area contributed by atoms with Gasteiger partial charge >= 0.3 is 5.97 Å². The summed E-state index contributed by atoms with van der Waals surface area (Å²) in [5.74, 6) is 1.92. The van der Waals surface area contributed by atoms with Gasteiger partial charge in [-0.05, 0) is 62.7 Å². The minimum Gasteiger partial charge on any atom is -0.459 e. The second kappa shape index (κ2) is 4.09. The highest BCUT2D eigenvalue weighted by atomic mass is 16.5. The maximum atomic E-state index is 11.5. The molecule has 100 valence electrons. The van der Waals surface area contributed by atoms with Crippen molar-refractivity contribution in [2.75, 3.05) is 6.61 Å². The molecule has 0 aliphatic heterocycles. The van der Waals surface area contributed by atoms with Gasteiger partial charge in [0.25, 0.3) is 0 Å². The van der Waals surface area contributed by atoms with Crippen LogP contribution in [0.4, 0.5) is 0 Å². The van der Waals surface area contributed by atoms with E-state index in [9.17, 15) is 9.90 Å². The molecule has 0 aromatic carbocycles. The first-order valence-electron chi connectivity index (χ1n) is 7.04. The summed E-state index contributed by atoms with van der Waals surface area (Å²) >= 11 is 0. The van der Waals surface area contributed by atoms with Crippen LogP contribution in [-0.2, 0) is 9.53 Å². The third-order valence-corrected chi connectivity index (χ3v) is 5.33. The summed E-state index contributed by atoms with van der Waals surface area (Å²) in [5, 5.41) is 10.9. The Hall–Kier alpha value is -0.830. The first-order valence-corrected chi connectivity index (χ1v) is 7.04. The molecule has 0 saturated heterocycles. The first-order chi connectivity index (χ1) is 8.49. The molecule has 0 aromatic heterocycles. The largest absolute Gasteiger partial charge is 0.459 e. The third-order valence-electron chi connectivity index (χ3n) is 5.33. The Bertz CT molecular complexity index is 357. The molecule has 4 aliphatic carbocycles. The highest BCUT2D eigenvalue weighted by Gasteiger charge is 2.57. The Morgan fingerprint density at radius 1 is 1.22 bits per heavy atom. The van der Waals surface area contributed by atoms with Crippen molar-refractivity contribution in [2.45, 2.75) is 44.6 Å². The second-order valence-corrected chi connectivity index (χ2v) is 6.65. The van der Waals surface area contributed by atoms with Crippen molar-refractivity contribution in [2.24, 2.45) is 23.7 Å². The third kappa shape index (κ3) is 1.80. The Labute approximate surface area is 108 Å². The number of esters is 1. The number of hydrogen-bond donors (Lipinski definition) is 1. The number of rotatable bonds is 3. The van der Waals surface area contributed by atoms with Gasteiger partial charge < -0.3 is 9.84 Å². The summed E-state index contributed by atoms with van der Waals surface area (Å²) in [5.41, 5.74) is -0.360. The van der Waals surface area contributed by atoms with E-state index in [-0.39, 0.29) is 12.6 Å². The maximum absolute atomic E-state index is 11.5. The SMILES string of the molecule is C=C(C)C(=O)OCC1(O)C2CC3CC(C2)CC1C3. The summed E-state index contributed by atoms with van der Waals surface area (Å²) in [7, 11) is 0. The van der Waals surface area contributed by atoms with E-state index in [2.05, 4.69) is 6.58 Å². The highest BCUT2D eigenvalue weighted by molar-refractivity contribution is 5.86. The lowest BCUT2D eigenvalue weighted by atomic mass is 9.50. The average molecular weight is 250 g/mol. The molecule has 0 heterocycles. The standard InChI is InChI=1S/C15H22O3/c1-9(2)14(16)18-8-15(17)12-4-10-3-11(6-12)7-13(15)5-10/h10-13,17H,1,3-8H2,2H3.